The second kappa shape index (κ2) is 23.3. The molecule has 6 aromatic heterocycles. The van der Waals surface area contributed by atoms with Crippen molar-refractivity contribution in [3.8, 4) is 67.8 Å². The zero-order valence-electron chi connectivity index (χ0n) is 54.8. The molecule has 16 aromatic carbocycles. The van der Waals surface area contributed by atoms with Crippen LogP contribution >= 0.6 is 22.7 Å². The van der Waals surface area contributed by atoms with E-state index in [1.54, 1.807) is 0 Å². The lowest BCUT2D eigenvalue weighted by Gasteiger charge is -2.12. The molecule has 0 aliphatic carbocycles. The van der Waals surface area contributed by atoms with Gasteiger partial charge in [0.1, 0.15) is 0 Å². The standard InChI is InChI=1S/C48H29N3S.C46H27N3S/c1-2-10-30(11-3-1)31-18-21-33(22-19-31)47-37-13-4-7-15-41(37)49-48(50-47)51-42-16-8-5-14-38(42)46-39-28-34(23-20-32(39)24-26-43(46)51)35-25-27-45-40(29-35)36-12-6-9-17-44(36)52-45;1-2-10-30-25-33(20-17-28(30)9-1)45-35-12-3-6-14-39(35)47-46(48-45)49-40-15-7-4-13-36(40)44-37-26-31(19-18-29(37)21-23-41(44)49)32-22-24-43-38(27-32)34-11-5-8-16-42(34)50-43/h1-29H;1-27H. The van der Waals surface area contributed by atoms with Crippen molar-refractivity contribution in [2.75, 3.05) is 0 Å². The number of aromatic nitrogens is 6. The van der Waals surface area contributed by atoms with Crippen LogP contribution in [0.3, 0.4) is 0 Å². The SMILES string of the molecule is c1ccc(-c2ccc(-c3nc(-n4c5ccccc5c5c6cc(-c7ccc8sc9ccccc9c8c7)ccc6ccc54)nc4ccccc34)cc2)cc1.c1ccc2cc(-c3nc(-n4c5ccccc5c5c6cc(-c7ccc8sc9ccccc9c8c7)ccc6ccc54)nc4ccccc34)ccc2c1. The minimum atomic E-state index is 0.664. The molecular formula is C94H56N6S2. The minimum absolute atomic E-state index is 0.664. The lowest BCUT2D eigenvalue weighted by atomic mass is 9.97. The molecule has 6 nitrogen and oxygen atoms in total. The molecule has 0 aliphatic heterocycles. The van der Waals surface area contributed by atoms with Crippen molar-refractivity contribution in [2.24, 2.45) is 0 Å². The van der Waals surface area contributed by atoms with E-state index in [2.05, 4.69) is 349 Å². The summed E-state index contributed by atoms with van der Waals surface area (Å²) in [5.74, 6) is 1.33. The maximum Gasteiger partial charge on any atom is 0.235 e. The highest BCUT2D eigenvalue weighted by Gasteiger charge is 2.23. The van der Waals surface area contributed by atoms with E-state index in [9.17, 15) is 0 Å². The van der Waals surface area contributed by atoms with Crippen molar-refractivity contribution in [1.82, 2.24) is 29.1 Å². The van der Waals surface area contributed by atoms with Gasteiger partial charge in [0.05, 0.1) is 44.5 Å². The Bertz CT molecular complexity index is 7200. The van der Waals surface area contributed by atoms with Crippen LogP contribution in [0.4, 0.5) is 0 Å². The highest BCUT2D eigenvalue weighted by molar-refractivity contribution is 7.26. The Kier molecular flexibility index (Phi) is 13.3. The van der Waals surface area contributed by atoms with Gasteiger partial charge in [-0.1, -0.05) is 249 Å². The summed E-state index contributed by atoms with van der Waals surface area (Å²) in [5, 5.41) is 19.4. The lowest BCUT2D eigenvalue weighted by Crippen LogP contribution is -2.03. The van der Waals surface area contributed by atoms with E-state index in [1.807, 2.05) is 22.7 Å². The summed E-state index contributed by atoms with van der Waals surface area (Å²) in [7, 11) is 0. The largest absolute Gasteiger partial charge is 0.278 e. The third-order valence-electron chi connectivity index (χ3n) is 20.6. The van der Waals surface area contributed by atoms with Crippen molar-refractivity contribution in [1.29, 1.82) is 0 Å². The van der Waals surface area contributed by atoms with Crippen molar-refractivity contribution >= 4 is 161 Å². The molecular weight excluding hydrogens is 1280 g/mol. The number of rotatable bonds is 7. The van der Waals surface area contributed by atoms with Crippen molar-refractivity contribution in [2.45, 2.75) is 0 Å². The van der Waals surface area contributed by atoms with E-state index in [-0.39, 0.29) is 0 Å². The van der Waals surface area contributed by atoms with Crippen LogP contribution in [0.15, 0.2) is 340 Å². The molecule has 22 rings (SSSR count). The maximum atomic E-state index is 5.37. The molecule has 0 atom stereocenters. The van der Waals surface area contributed by atoms with E-state index in [0.29, 0.717) is 11.9 Å². The Morgan fingerprint density at radius 3 is 1.10 bits per heavy atom. The quantitative estimate of drug-likeness (QED) is 0.160. The number of para-hydroxylation sites is 4. The maximum absolute atomic E-state index is 5.37. The molecule has 0 radical (unpaired) electrons. The zero-order valence-corrected chi connectivity index (χ0v) is 56.5. The fourth-order valence-electron chi connectivity index (χ4n) is 15.7. The monoisotopic (exact) mass is 1330 g/mol. The van der Waals surface area contributed by atoms with Crippen molar-refractivity contribution < 1.29 is 0 Å². The molecule has 0 bridgehead atoms. The number of benzene rings is 16. The lowest BCUT2D eigenvalue weighted by molar-refractivity contribution is 1.01. The number of hydrogen-bond acceptors (Lipinski definition) is 6. The summed E-state index contributed by atoms with van der Waals surface area (Å²) in [5.41, 5.74) is 17.4. The van der Waals surface area contributed by atoms with E-state index in [0.717, 1.165) is 66.4 Å². The minimum Gasteiger partial charge on any atom is -0.278 e. The molecule has 0 fully saturated rings. The number of hydrogen-bond donors (Lipinski definition) is 0. The van der Waals surface area contributed by atoms with Crippen LogP contribution < -0.4 is 0 Å². The van der Waals surface area contributed by atoms with Crippen molar-refractivity contribution in [3.05, 3.63) is 340 Å². The van der Waals surface area contributed by atoms with Gasteiger partial charge in [0.15, 0.2) is 0 Å². The molecule has 474 valence electrons. The normalized spacial score (nSPS) is 11.9. The number of fused-ring (bicyclic) bond motifs is 19. The van der Waals surface area contributed by atoms with E-state index >= 15 is 0 Å². The van der Waals surface area contributed by atoms with Gasteiger partial charge in [-0.3, -0.25) is 9.13 Å². The van der Waals surface area contributed by atoms with Gasteiger partial charge in [0, 0.05) is 83.8 Å². The third-order valence-corrected chi connectivity index (χ3v) is 22.9. The summed E-state index contributed by atoms with van der Waals surface area (Å²) in [6.07, 6.45) is 0. The van der Waals surface area contributed by atoms with Crippen LogP contribution in [0.1, 0.15) is 0 Å². The van der Waals surface area contributed by atoms with Gasteiger partial charge in [-0.05, 0) is 157 Å². The highest BCUT2D eigenvalue weighted by Crippen LogP contribution is 2.44. The van der Waals surface area contributed by atoms with Gasteiger partial charge in [-0.25, -0.2) is 19.9 Å². The van der Waals surface area contributed by atoms with Crippen LogP contribution in [-0.2, 0) is 0 Å². The second-order valence-electron chi connectivity index (χ2n) is 26.4. The number of nitrogens with zero attached hydrogens (tertiary/aromatic N) is 6. The Morgan fingerprint density at radius 1 is 0.196 bits per heavy atom. The molecule has 0 saturated carbocycles. The Labute approximate surface area is 593 Å². The fourth-order valence-corrected chi connectivity index (χ4v) is 17.9. The first-order valence-electron chi connectivity index (χ1n) is 34.5. The molecule has 6 heterocycles. The fraction of sp³-hybridized carbons (Fsp3) is 0. The predicted molar refractivity (Wildman–Crippen MR) is 433 cm³/mol. The summed E-state index contributed by atoms with van der Waals surface area (Å²) >= 11 is 3.71. The predicted octanol–water partition coefficient (Wildman–Crippen LogP) is 26.0. The van der Waals surface area contributed by atoms with Crippen LogP contribution in [0.5, 0.6) is 0 Å². The van der Waals surface area contributed by atoms with Gasteiger partial charge in [-0.2, -0.15) is 0 Å². The Balaban J connectivity index is 0.000000133. The van der Waals surface area contributed by atoms with Crippen molar-refractivity contribution in [3.63, 3.8) is 0 Å². The second-order valence-corrected chi connectivity index (χ2v) is 28.6. The highest BCUT2D eigenvalue weighted by atomic mass is 32.1. The summed E-state index contributed by atoms with van der Waals surface area (Å²) in [6, 6.07) is 122. The summed E-state index contributed by atoms with van der Waals surface area (Å²) in [6.45, 7) is 0. The van der Waals surface area contributed by atoms with E-state index in [4.69, 9.17) is 19.9 Å². The Morgan fingerprint density at radius 2 is 0.559 bits per heavy atom. The number of thiophene rings is 2. The average molecular weight is 1330 g/mol. The first-order valence-corrected chi connectivity index (χ1v) is 36.1. The van der Waals surface area contributed by atoms with Crippen LogP contribution in [0.2, 0.25) is 0 Å². The average Bonchev–Trinajstić information content (AvgIpc) is 1.56. The molecule has 0 unspecified atom stereocenters. The zero-order chi connectivity index (χ0) is 66.9. The molecule has 0 spiro atoms. The van der Waals surface area contributed by atoms with E-state index in [1.165, 1.54) is 128 Å². The van der Waals surface area contributed by atoms with Gasteiger partial charge in [0.2, 0.25) is 11.9 Å². The first kappa shape index (κ1) is 58.0. The van der Waals surface area contributed by atoms with Crippen LogP contribution in [0, 0.1) is 0 Å². The van der Waals surface area contributed by atoms with Gasteiger partial charge < -0.3 is 0 Å². The molecule has 0 saturated heterocycles. The smallest absolute Gasteiger partial charge is 0.235 e. The molecule has 22 aromatic rings. The molecule has 0 aliphatic rings. The van der Waals surface area contributed by atoms with Gasteiger partial charge in [-0.15, -0.1) is 22.7 Å². The Hall–Kier alpha value is -13.0. The van der Waals surface area contributed by atoms with Crippen LogP contribution in [0.25, 0.3) is 206 Å². The summed E-state index contributed by atoms with van der Waals surface area (Å²) in [4.78, 5) is 21.2. The third kappa shape index (κ3) is 9.45. The van der Waals surface area contributed by atoms with Crippen LogP contribution in [-0.4, -0.2) is 29.1 Å². The first-order chi connectivity index (χ1) is 50.5. The van der Waals surface area contributed by atoms with E-state index < -0.39 is 0 Å². The molecule has 102 heavy (non-hydrogen) atoms. The summed E-state index contributed by atoms with van der Waals surface area (Å²) < 4.78 is 9.78. The van der Waals surface area contributed by atoms with Gasteiger partial charge in [0.25, 0.3) is 0 Å². The molecule has 8 heteroatoms. The molecule has 0 amide bonds. The topological polar surface area (TPSA) is 61.4 Å². The van der Waals surface area contributed by atoms with Gasteiger partial charge >= 0.3 is 0 Å². The molecule has 0 N–H and O–H groups in total.